The monoisotopic (exact) mass is 246 g/mol. The zero-order valence-corrected chi connectivity index (χ0v) is 11.3. The third kappa shape index (κ3) is 2.51. The zero-order valence-electron chi connectivity index (χ0n) is 10.5. The Morgan fingerprint density at radius 3 is 2.19 bits per heavy atom. The van der Waals surface area contributed by atoms with Gasteiger partial charge in [-0.05, 0) is 33.1 Å². The molecule has 4 heteroatoms. The Morgan fingerprint density at radius 2 is 1.81 bits per heavy atom. The molecule has 1 saturated carbocycles. The number of carbonyl (C=O) groups is 1. The largest absolute Gasteiger partial charge is 0.339 e. The molecule has 2 unspecified atom stereocenters. The molecule has 16 heavy (non-hydrogen) atoms. The second kappa shape index (κ2) is 4.92. The van der Waals surface area contributed by atoms with Crippen molar-refractivity contribution in [2.75, 3.05) is 13.1 Å². The summed E-state index contributed by atoms with van der Waals surface area (Å²) in [4.78, 5) is 14.4. The number of piperazine rings is 1. The van der Waals surface area contributed by atoms with Gasteiger partial charge in [-0.1, -0.05) is 6.92 Å². The molecular weight excluding hydrogens is 224 g/mol. The van der Waals surface area contributed by atoms with E-state index in [4.69, 9.17) is 0 Å². The van der Waals surface area contributed by atoms with Gasteiger partial charge in [0.25, 0.3) is 0 Å². The van der Waals surface area contributed by atoms with Crippen LogP contribution >= 0.6 is 12.4 Å². The molecule has 2 atom stereocenters. The fraction of sp³-hybridized carbons (Fsp3) is 0.917. The Bertz CT molecular complexity index is 256. The van der Waals surface area contributed by atoms with Crippen LogP contribution in [0.25, 0.3) is 0 Å². The van der Waals surface area contributed by atoms with Crippen molar-refractivity contribution in [3.8, 4) is 0 Å². The molecule has 1 N–H and O–H groups in total. The predicted octanol–water partition coefficient (Wildman–Crippen LogP) is 1.81. The molecule has 1 heterocycles. The van der Waals surface area contributed by atoms with Crippen molar-refractivity contribution in [3.05, 3.63) is 0 Å². The fourth-order valence-corrected chi connectivity index (χ4v) is 2.70. The average molecular weight is 247 g/mol. The van der Waals surface area contributed by atoms with Gasteiger partial charge in [-0.15, -0.1) is 12.4 Å². The maximum Gasteiger partial charge on any atom is 0.228 e. The molecule has 0 aromatic rings. The van der Waals surface area contributed by atoms with E-state index in [2.05, 4.69) is 31.0 Å². The van der Waals surface area contributed by atoms with E-state index >= 15 is 0 Å². The summed E-state index contributed by atoms with van der Waals surface area (Å²) in [6.07, 6.45) is 3.22. The summed E-state index contributed by atoms with van der Waals surface area (Å²) >= 11 is 0. The molecule has 0 aromatic carbocycles. The smallest absolute Gasteiger partial charge is 0.228 e. The predicted molar refractivity (Wildman–Crippen MR) is 67.8 cm³/mol. The van der Waals surface area contributed by atoms with Gasteiger partial charge < -0.3 is 10.2 Å². The van der Waals surface area contributed by atoms with Gasteiger partial charge >= 0.3 is 0 Å². The number of halogens is 1. The van der Waals surface area contributed by atoms with Gasteiger partial charge in [0, 0.05) is 30.6 Å². The Balaban J connectivity index is 0.00000128. The first-order valence-electron chi connectivity index (χ1n) is 6.13. The zero-order chi connectivity index (χ0) is 11.1. The number of hydrogen-bond acceptors (Lipinski definition) is 2. The van der Waals surface area contributed by atoms with Crippen molar-refractivity contribution in [1.82, 2.24) is 10.2 Å². The highest BCUT2D eigenvalue weighted by atomic mass is 35.5. The Kier molecular flexibility index (Phi) is 4.24. The quantitative estimate of drug-likeness (QED) is 0.806. The Hall–Kier alpha value is -0.280. The molecule has 0 bridgehead atoms. The number of carbonyl (C=O) groups excluding carboxylic acids is 1. The topological polar surface area (TPSA) is 32.3 Å². The third-order valence-electron chi connectivity index (χ3n) is 3.83. The van der Waals surface area contributed by atoms with Crippen molar-refractivity contribution >= 4 is 18.3 Å². The first-order valence-corrected chi connectivity index (χ1v) is 6.13. The van der Waals surface area contributed by atoms with E-state index < -0.39 is 0 Å². The van der Waals surface area contributed by atoms with E-state index in [1.54, 1.807) is 0 Å². The highest BCUT2D eigenvalue weighted by Gasteiger charge is 2.50. The minimum Gasteiger partial charge on any atom is -0.339 e. The minimum absolute atomic E-state index is 0. The molecule has 1 saturated heterocycles. The lowest BCUT2D eigenvalue weighted by molar-refractivity contribution is -0.139. The first-order chi connectivity index (χ1) is 7.07. The summed E-state index contributed by atoms with van der Waals surface area (Å²) < 4.78 is 0. The van der Waals surface area contributed by atoms with E-state index in [9.17, 15) is 4.79 Å². The van der Waals surface area contributed by atoms with E-state index in [0.717, 1.165) is 32.4 Å². The summed E-state index contributed by atoms with van der Waals surface area (Å²) in [7, 11) is 0. The Morgan fingerprint density at radius 1 is 1.31 bits per heavy atom. The fourth-order valence-electron chi connectivity index (χ4n) is 2.70. The van der Waals surface area contributed by atoms with Crippen LogP contribution in [0.3, 0.4) is 0 Å². The highest BCUT2D eigenvalue weighted by molar-refractivity contribution is 5.85. The second-order valence-electron chi connectivity index (χ2n) is 5.31. The standard InChI is InChI=1S/C12H22N2O.ClH/c1-4-12(5-6-12)11(15)14-7-9(2)13-10(3)8-14;/h9-10,13H,4-8H2,1-3H3;1H. The third-order valence-corrected chi connectivity index (χ3v) is 3.83. The highest BCUT2D eigenvalue weighted by Crippen LogP contribution is 2.50. The van der Waals surface area contributed by atoms with Crippen molar-refractivity contribution in [1.29, 1.82) is 0 Å². The van der Waals surface area contributed by atoms with Crippen molar-refractivity contribution < 1.29 is 4.79 Å². The molecule has 2 fully saturated rings. The van der Waals surface area contributed by atoms with Crippen LogP contribution in [-0.4, -0.2) is 36.0 Å². The van der Waals surface area contributed by atoms with E-state index in [0.29, 0.717) is 18.0 Å². The van der Waals surface area contributed by atoms with Crippen molar-refractivity contribution in [3.63, 3.8) is 0 Å². The SMILES string of the molecule is CCC1(C(=O)N2CC(C)NC(C)C2)CC1.Cl. The molecule has 0 radical (unpaired) electrons. The number of rotatable bonds is 2. The van der Waals surface area contributed by atoms with Crippen LogP contribution in [0.5, 0.6) is 0 Å². The van der Waals surface area contributed by atoms with Gasteiger partial charge in [-0.3, -0.25) is 4.79 Å². The van der Waals surface area contributed by atoms with Gasteiger partial charge in [0.05, 0.1) is 0 Å². The second-order valence-corrected chi connectivity index (χ2v) is 5.31. The minimum atomic E-state index is 0. The van der Waals surface area contributed by atoms with Crippen LogP contribution < -0.4 is 5.32 Å². The van der Waals surface area contributed by atoms with Crippen LogP contribution in [-0.2, 0) is 4.79 Å². The molecule has 94 valence electrons. The van der Waals surface area contributed by atoms with Gasteiger partial charge in [-0.25, -0.2) is 0 Å². The molecule has 0 aromatic heterocycles. The van der Waals surface area contributed by atoms with E-state index in [1.807, 2.05) is 0 Å². The molecule has 2 rings (SSSR count). The molecule has 1 aliphatic heterocycles. The van der Waals surface area contributed by atoms with E-state index in [-0.39, 0.29) is 17.8 Å². The van der Waals surface area contributed by atoms with Crippen molar-refractivity contribution in [2.24, 2.45) is 5.41 Å². The summed E-state index contributed by atoms with van der Waals surface area (Å²) in [5.41, 5.74) is 0.0385. The Labute approximate surface area is 104 Å². The normalized spacial score (nSPS) is 31.8. The molecule has 3 nitrogen and oxygen atoms in total. The molecule has 1 aliphatic carbocycles. The average Bonchev–Trinajstić information content (AvgIpc) is 2.95. The molecule has 2 aliphatic rings. The number of nitrogens with zero attached hydrogens (tertiary/aromatic N) is 1. The van der Waals surface area contributed by atoms with Crippen molar-refractivity contribution in [2.45, 2.75) is 52.1 Å². The first kappa shape index (κ1) is 13.8. The van der Waals surface area contributed by atoms with Gasteiger partial charge in [0.1, 0.15) is 0 Å². The summed E-state index contributed by atoms with van der Waals surface area (Å²) in [5, 5.41) is 3.46. The lowest BCUT2D eigenvalue weighted by Crippen LogP contribution is -2.57. The van der Waals surface area contributed by atoms with Crippen LogP contribution in [0.2, 0.25) is 0 Å². The van der Waals surface area contributed by atoms with Crippen LogP contribution in [0, 0.1) is 5.41 Å². The summed E-state index contributed by atoms with van der Waals surface area (Å²) in [6.45, 7) is 8.21. The molecule has 1 amide bonds. The molecular formula is C12H23ClN2O. The molecule has 0 spiro atoms. The summed E-state index contributed by atoms with van der Waals surface area (Å²) in [5.74, 6) is 0.408. The number of hydrogen-bond donors (Lipinski definition) is 1. The maximum absolute atomic E-state index is 12.3. The number of nitrogens with one attached hydrogen (secondary N) is 1. The van der Waals surface area contributed by atoms with E-state index in [1.165, 1.54) is 0 Å². The van der Waals surface area contributed by atoms with Gasteiger partial charge in [-0.2, -0.15) is 0 Å². The lowest BCUT2D eigenvalue weighted by Gasteiger charge is -2.38. The van der Waals surface area contributed by atoms with Crippen LogP contribution in [0.15, 0.2) is 0 Å². The van der Waals surface area contributed by atoms with Gasteiger partial charge in [0.2, 0.25) is 5.91 Å². The van der Waals surface area contributed by atoms with Crippen LogP contribution in [0.1, 0.15) is 40.0 Å². The lowest BCUT2D eigenvalue weighted by atomic mass is 10.00. The van der Waals surface area contributed by atoms with Gasteiger partial charge in [0.15, 0.2) is 0 Å². The van der Waals surface area contributed by atoms with Crippen LogP contribution in [0.4, 0.5) is 0 Å². The maximum atomic E-state index is 12.3. The summed E-state index contributed by atoms with van der Waals surface area (Å²) in [6, 6.07) is 0.871. The number of amides is 1.